The predicted octanol–water partition coefficient (Wildman–Crippen LogP) is 2.36. The molecular formula is C15H17F2NO3. The van der Waals surface area contributed by atoms with E-state index in [1.807, 2.05) is 0 Å². The summed E-state index contributed by atoms with van der Waals surface area (Å²) in [7, 11) is 0. The number of carbonyl (C=O) groups is 2. The molecule has 1 aliphatic heterocycles. The summed E-state index contributed by atoms with van der Waals surface area (Å²) in [5.41, 5.74) is 0.520. The van der Waals surface area contributed by atoms with Gasteiger partial charge in [0.15, 0.2) is 11.6 Å². The quantitative estimate of drug-likeness (QED) is 0.928. The number of hydrogen-bond acceptors (Lipinski definition) is 2. The highest BCUT2D eigenvalue weighted by molar-refractivity contribution is 5.84. The molecule has 1 heterocycles. The third-order valence-electron chi connectivity index (χ3n) is 3.72. The Morgan fingerprint density at radius 2 is 2.00 bits per heavy atom. The number of aryl methyl sites for hydroxylation is 1. The van der Waals surface area contributed by atoms with Crippen molar-refractivity contribution in [3.8, 4) is 0 Å². The number of hydrogen-bond donors (Lipinski definition) is 1. The smallest absolute Gasteiger partial charge is 0.326 e. The molecule has 0 spiro atoms. The minimum Gasteiger partial charge on any atom is -0.480 e. The van der Waals surface area contributed by atoms with E-state index in [-0.39, 0.29) is 18.7 Å². The predicted molar refractivity (Wildman–Crippen MR) is 71.7 cm³/mol. The molecule has 6 heteroatoms. The van der Waals surface area contributed by atoms with E-state index in [9.17, 15) is 18.4 Å². The number of halogens is 2. The number of aliphatic carboxylic acids is 1. The van der Waals surface area contributed by atoms with Gasteiger partial charge in [-0.3, -0.25) is 4.79 Å². The summed E-state index contributed by atoms with van der Waals surface area (Å²) in [6.07, 6.45) is 2.41. The van der Waals surface area contributed by atoms with Crippen LogP contribution in [-0.4, -0.2) is 34.5 Å². The van der Waals surface area contributed by atoms with Gasteiger partial charge in [-0.2, -0.15) is 0 Å². The van der Waals surface area contributed by atoms with E-state index in [0.29, 0.717) is 18.5 Å². The molecule has 21 heavy (non-hydrogen) atoms. The van der Waals surface area contributed by atoms with Gasteiger partial charge in [0.05, 0.1) is 0 Å². The van der Waals surface area contributed by atoms with E-state index >= 15 is 0 Å². The average Bonchev–Trinajstić information content (AvgIpc) is 2.48. The summed E-state index contributed by atoms with van der Waals surface area (Å²) in [4.78, 5) is 24.7. The van der Waals surface area contributed by atoms with Crippen molar-refractivity contribution in [2.45, 2.75) is 38.1 Å². The van der Waals surface area contributed by atoms with Gasteiger partial charge in [0.2, 0.25) is 5.91 Å². The van der Waals surface area contributed by atoms with Crippen molar-refractivity contribution < 1.29 is 23.5 Å². The van der Waals surface area contributed by atoms with Crippen LogP contribution in [0, 0.1) is 11.6 Å². The lowest BCUT2D eigenvalue weighted by Gasteiger charge is -2.33. The van der Waals surface area contributed by atoms with Crippen molar-refractivity contribution in [2.24, 2.45) is 0 Å². The zero-order chi connectivity index (χ0) is 15.4. The molecule has 4 nitrogen and oxygen atoms in total. The number of carboxylic acids is 1. The molecule has 1 aromatic carbocycles. The SMILES string of the molecule is O=C(O)C1CCCCN1C(=O)CCc1ccc(F)c(F)c1. The molecular weight excluding hydrogens is 280 g/mol. The molecule has 1 aliphatic rings. The Balaban J connectivity index is 1.96. The normalized spacial score (nSPS) is 18.6. The number of piperidine rings is 1. The minimum absolute atomic E-state index is 0.0921. The molecule has 0 aliphatic carbocycles. The maximum atomic E-state index is 13.1. The second-order valence-corrected chi connectivity index (χ2v) is 5.19. The van der Waals surface area contributed by atoms with Crippen LogP contribution in [-0.2, 0) is 16.0 Å². The summed E-state index contributed by atoms with van der Waals surface area (Å²) in [5, 5.41) is 9.12. The van der Waals surface area contributed by atoms with Gasteiger partial charge >= 0.3 is 5.97 Å². The fourth-order valence-corrected chi connectivity index (χ4v) is 2.58. The third-order valence-corrected chi connectivity index (χ3v) is 3.72. The summed E-state index contributed by atoms with van der Waals surface area (Å²) in [5.74, 6) is -3.11. The van der Waals surface area contributed by atoms with Gasteiger partial charge in [-0.15, -0.1) is 0 Å². The topological polar surface area (TPSA) is 57.6 Å². The van der Waals surface area contributed by atoms with Gasteiger partial charge in [-0.05, 0) is 43.4 Å². The maximum Gasteiger partial charge on any atom is 0.326 e. The van der Waals surface area contributed by atoms with Gasteiger partial charge in [-0.1, -0.05) is 6.07 Å². The molecule has 0 saturated carbocycles. The van der Waals surface area contributed by atoms with Gasteiger partial charge in [0.25, 0.3) is 0 Å². The van der Waals surface area contributed by atoms with Crippen LogP contribution in [0.25, 0.3) is 0 Å². The van der Waals surface area contributed by atoms with Crippen LogP contribution in [0.3, 0.4) is 0 Å². The van der Waals surface area contributed by atoms with Crippen LogP contribution in [0.5, 0.6) is 0 Å². The number of amides is 1. The Morgan fingerprint density at radius 3 is 2.67 bits per heavy atom. The van der Waals surface area contributed by atoms with Crippen molar-refractivity contribution in [1.82, 2.24) is 4.90 Å². The fourth-order valence-electron chi connectivity index (χ4n) is 2.58. The van der Waals surface area contributed by atoms with Crippen LogP contribution in [0.2, 0.25) is 0 Å². The van der Waals surface area contributed by atoms with Crippen LogP contribution in [0.4, 0.5) is 8.78 Å². The number of carboxylic acid groups (broad SMARTS) is 1. The molecule has 1 N–H and O–H groups in total. The largest absolute Gasteiger partial charge is 0.480 e. The Bertz CT molecular complexity index is 548. The van der Waals surface area contributed by atoms with Gasteiger partial charge in [0, 0.05) is 13.0 Å². The highest BCUT2D eigenvalue weighted by Gasteiger charge is 2.31. The number of nitrogens with zero attached hydrogens (tertiary/aromatic N) is 1. The molecule has 1 unspecified atom stereocenters. The van der Waals surface area contributed by atoms with Crippen molar-refractivity contribution in [3.05, 3.63) is 35.4 Å². The lowest BCUT2D eigenvalue weighted by Crippen LogP contribution is -2.48. The first kappa shape index (κ1) is 15.4. The van der Waals surface area contributed by atoms with E-state index in [1.165, 1.54) is 11.0 Å². The molecule has 0 radical (unpaired) electrons. The molecule has 114 valence electrons. The third kappa shape index (κ3) is 3.77. The van der Waals surface area contributed by atoms with Crippen molar-refractivity contribution >= 4 is 11.9 Å². The second-order valence-electron chi connectivity index (χ2n) is 5.19. The second kappa shape index (κ2) is 6.65. The Morgan fingerprint density at radius 1 is 1.24 bits per heavy atom. The van der Waals surface area contributed by atoms with E-state index in [1.54, 1.807) is 0 Å². The summed E-state index contributed by atoms with van der Waals surface area (Å²) in [6.45, 7) is 0.438. The van der Waals surface area contributed by atoms with Crippen molar-refractivity contribution in [3.63, 3.8) is 0 Å². The van der Waals surface area contributed by atoms with Crippen LogP contribution < -0.4 is 0 Å². The summed E-state index contributed by atoms with van der Waals surface area (Å²) in [6, 6.07) is 2.75. The van der Waals surface area contributed by atoms with Crippen molar-refractivity contribution in [1.29, 1.82) is 0 Å². The first-order chi connectivity index (χ1) is 9.99. The molecule has 2 rings (SSSR count). The number of likely N-dealkylation sites (tertiary alicyclic amines) is 1. The highest BCUT2D eigenvalue weighted by atomic mass is 19.2. The molecule has 1 aromatic rings. The zero-order valence-electron chi connectivity index (χ0n) is 11.5. The average molecular weight is 297 g/mol. The lowest BCUT2D eigenvalue weighted by atomic mass is 10.0. The molecule has 0 aromatic heterocycles. The van der Waals surface area contributed by atoms with E-state index in [0.717, 1.165) is 25.0 Å². The van der Waals surface area contributed by atoms with Crippen LogP contribution in [0.1, 0.15) is 31.2 Å². The first-order valence-electron chi connectivity index (χ1n) is 6.95. The van der Waals surface area contributed by atoms with E-state index < -0.39 is 23.6 Å². The summed E-state index contributed by atoms with van der Waals surface area (Å²) < 4.78 is 25.9. The van der Waals surface area contributed by atoms with Gasteiger partial charge in [-0.25, -0.2) is 13.6 Å². The Kier molecular flexibility index (Phi) is 4.88. The Hall–Kier alpha value is -1.98. The maximum absolute atomic E-state index is 13.1. The van der Waals surface area contributed by atoms with Crippen LogP contribution >= 0.6 is 0 Å². The number of benzene rings is 1. The highest BCUT2D eigenvalue weighted by Crippen LogP contribution is 2.19. The first-order valence-corrected chi connectivity index (χ1v) is 6.95. The van der Waals surface area contributed by atoms with Gasteiger partial charge in [0.1, 0.15) is 6.04 Å². The van der Waals surface area contributed by atoms with Crippen molar-refractivity contribution in [2.75, 3.05) is 6.54 Å². The number of rotatable bonds is 4. The zero-order valence-corrected chi connectivity index (χ0v) is 11.5. The molecule has 1 atom stereocenters. The van der Waals surface area contributed by atoms with Gasteiger partial charge < -0.3 is 10.0 Å². The van der Waals surface area contributed by atoms with E-state index in [2.05, 4.69) is 0 Å². The number of carbonyl (C=O) groups excluding carboxylic acids is 1. The fraction of sp³-hybridized carbons (Fsp3) is 0.467. The molecule has 0 bridgehead atoms. The lowest BCUT2D eigenvalue weighted by molar-refractivity contribution is -0.152. The standard InChI is InChI=1S/C15H17F2NO3/c16-11-6-4-10(9-12(11)17)5-7-14(19)18-8-2-1-3-13(18)15(20)21/h4,6,9,13H,1-3,5,7-8H2,(H,20,21). The van der Waals surface area contributed by atoms with E-state index in [4.69, 9.17) is 5.11 Å². The monoisotopic (exact) mass is 297 g/mol. The van der Waals surface area contributed by atoms with Crippen LogP contribution in [0.15, 0.2) is 18.2 Å². The molecule has 1 saturated heterocycles. The molecule has 1 amide bonds. The summed E-state index contributed by atoms with van der Waals surface area (Å²) >= 11 is 0. The minimum atomic E-state index is -0.990. The Labute approximate surface area is 121 Å². The molecule has 1 fully saturated rings.